The minimum Gasteiger partial charge on any atom is -0.337 e. The van der Waals surface area contributed by atoms with E-state index in [4.69, 9.17) is 0 Å². The van der Waals surface area contributed by atoms with Crippen molar-refractivity contribution in [3.8, 4) is 11.3 Å². The van der Waals surface area contributed by atoms with Gasteiger partial charge in [0.05, 0.1) is 12.0 Å². The lowest BCUT2D eigenvalue weighted by Crippen LogP contribution is -2.20. The molecule has 0 saturated heterocycles. The molecule has 2 nitrogen and oxygen atoms in total. The van der Waals surface area contributed by atoms with Gasteiger partial charge in [0.25, 0.3) is 0 Å². The van der Waals surface area contributed by atoms with Gasteiger partial charge in [0, 0.05) is 27.8 Å². The number of benzene rings is 1. The Morgan fingerprint density at radius 3 is 2.94 bits per heavy atom. The Morgan fingerprint density at radius 2 is 2.12 bits per heavy atom. The highest BCUT2D eigenvalue weighted by atomic mass is 127. The van der Waals surface area contributed by atoms with Crippen molar-refractivity contribution in [3.63, 3.8) is 0 Å². The van der Waals surface area contributed by atoms with E-state index in [0.29, 0.717) is 0 Å². The molecular formula is C14H13IN2. The molecule has 0 N–H and O–H groups in total. The molecule has 0 spiro atoms. The summed E-state index contributed by atoms with van der Waals surface area (Å²) in [6.45, 7) is 0. The van der Waals surface area contributed by atoms with Crippen LogP contribution in [0.3, 0.4) is 0 Å². The maximum absolute atomic E-state index is 4.64. The van der Waals surface area contributed by atoms with E-state index in [1.807, 2.05) is 6.33 Å². The fourth-order valence-electron chi connectivity index (χ4n) is 3.31. The van der Waals surface area contributed by atoms with Gasteiger partial charge in [0.2, 0.25) is 0 Å². The third-order valence-corrected chi connectivity index (χ3v) is 4.89. The first kappa shape index (κ1) is 10.1. The van der Waals surface area contributed by atoms with Crippen LogP contribution in [0.4, 0.5) is 0 Å². The summed E-state index contributed by atoms with van der Waals surface area (Å²) in [7, 11) is 2.12. The van der Waals surface area contributed by atoms with Gasteiger partial charge in [-0.1, -0.05) is 6.07 Å². The molecule has 5 rings (SSSR count). The number of halogens is 1. The molecule has 1 fully saturated rings. The van der Waals surface area contributed by atoms with Gasteiger partial charge in [-0.25, -0.2) is 4.98 Å². The molecule has 1 saturated carbocycles. The Morgan fingerprint density at radius 1 is 1.29 bits per heavy atom. The fraction of sp³-hybridized carbons (Fsp3) is 0.357. The molecule has 3 aliphatic carbocycles. The van der Waals surface area contributed by atoms with Crippen LogP contribution < -0.4 is 0 Å². The number of imidazole rings is 1. The van der Waals surface area contributed by atoms with Gasteiger partial charge in [0.15, 0.2) is 0 Å². The summed E-state index contributed by atoms with van der Waals surface area (Å²) < 4.78 is 3.52. The van der Waals surface area contributed by atoms with Gasteiger partial charge in [-0.15, -0.1) is 0 Å². The number of aromatic nitrogens is 2. The Kier molecular flexibility index (Phi) is 1.99. The summed E-state index contributed by atoms with van der Waals surface area (Å²) in [4.78, 5) is 4.64. The van der Waals surface area contributed by atoms with Crippen molar-refractivity contribution in [2.24, 2.45) is 7.05 Å². The normalized spacial score (nSPS) is 24.6. The topological polar surface area (TPSA) is 17.8 Å². The van der Waals surface area contributed by atoms with Crippen molar-refractivity contribution in [3.05, 3.63) is 39.4 Å². The molecule has 0 unspecified atom stereocenters. The number of hydrogen-bond acceptors (Lipinski definition) is 1. The van der Waals surface area contributed by atoms with E-state index in [0.717, 1.165) is 11.8 Å². The van der Waals surface area contributed by atoms with E-state index in [2.05, 4.69) is 57.4 Å². The zero-order chi connectivity index (χ0) is 11.6. The molecule has 1 heterocycles. The number of aryl methyl sites for hydroxylation is 1. The average molecular weight is 336 g/mol. The molecule has 86 valence electrons. The van der Waals surface area contributed by atoms with Crippen LogP contribution in [0.5, 0.6) is 0 Å². The SMILES string of the molecule is Cn1cnc2c1C1CC(C1)c1ccc(I)cc1-2. The molecule has 2 bridgehead atoms. The van der Waals surface area contributed by atoms with Crippen LogP contribution in [-0.2, 0) is 7.05 Å². The van der Waals surface area contributed by atoms with Crippen LogP contribution in [0.15, 0.2) is 24.5 Å². The van der Waals surface area contributed by atoms with Crippen LogP contribution in [0, 0.1) is 3.57 Å². The van der Waals surface area contributed by atoms with Crippen LogP contribution in [0.25, 0.3) is 11.3 Å². The molecular weight excluding hydrogens is 323 g/mol. The van der Waals surface area contributed by atoms with Gasteiger partial charge >= 0.3 is 0 Å². The largest absolute Gasteiger partial charge is 0.337 e. The van der Waals surface area contributed by atoms with Gasteiger partial charge in [-0.05, 0) is 59.0 Å². The standard InChI is InChI=1S/C14H13IN2/c1-17-7-16-13-12-6-10(15)2-3-11(12)8-4-9(5-8)14(13)17/h2-3,6-9H,4-5H2,1H3. The van der Waals surface area contributed by atoms with E-state index in [1.54, 1.807) is 0 Å². The van der Waals surface area contributed by atoms with Gasteiger partial charge in [-0.3, -0.25) is 0 Å². The number of nitrogens with zero attached hydrogens (tertiary/aromatic N) is 2. The first-order chi connectivity index (χ1) is 8.24. The van der Waals surface area contributed by atoms with E-state index in [1.165, 1.54) is 38.9 Å². The van der Waals surface area contributed by atoms with E-state index < -0.39 is 0 Å². The quantitative estimate of drug-likeness (QED) is 0.672. The Hall–Kier alpha value is -0.840. The van der Waals surface area contributed by atoms with E-state index in [-0.39, 0.29) is 0 Å². The zero-order valence-electron chi connectivity index (χ0n) is 9.65. The summed E-state index contributed by atoms with van der Waals surface area (Å²) in [6, 6.07) is 6.82. The van der Waals surface area contributed by atoms with Gasteiger partial charge in [-0.2, -0.15) is 0 Å². The van der Waals surface area contributed by atoms with Crippen molar-refractivity contribution < 1.29 is 0 Å². The van der Waals surface area contributed by atoms with Crippen molar-refractivity contribution in [1.82, 2.24) is 9.55 Å². The van der Waals surface area contributed by atoms with Crippen molar-refractivity contribution in [2.45, 2.75) is 24.7 Å². The van der Waals surface area contributed by atoms with Crippen molar-refractivity contribution in [1.29, 1.82) is 0 Å². The first-order valence-corrected chi connectivity index (χ1v) is 7.13. The number of hydrogen-bond donors (Lipinski definition) is 0. The number of rotatable bonds is 0. The highest BCUT2D eigenvalue weighted by Gasteiger charge is 2.39. The second-order valence-electron chi connectivity index (χ2n) is 5.19. The lowest BCUT2D eigenvalue weighted by molar-refractivity contribution is 0.345. The first-order valence-electron chi connectivity index (χ1n) is 6.05. The van der Waals surface area contributed by atoms with Crippen LogP contribution in [0.1, 0.15) is 35.9 Å². The maximum atomic E-state index is 4.64. The predicted molar refractivity (Wildman–Crippen MR) is 76.1 cm³/mol. The zero-order valence-corrected chi connectivity index (χ0v) is 11.8. The smallest absolute Gasteiger partial charge is 0.0953 e. The molecule has 17 heavy (non-hydrogen) atoms. The van der Waals surface area contributed by atoms with E-state index >= 15 is 0 Å². The third kappa shape index (κ3) is 1.29. The minimum absolute atomic E-state index is 0.729. The summed E-state index contributed by atoms with van der Waals surface area (Å²) >= 11 is 2.39. The molecule has 1 aromatic carbocycles. The predicted octanol–water partition coefficient (Wildman–Crippen LogP) is 3.67. The minimum atomic E-state index is 0.729. The molecule has 3 heteroatoms. The summed E-state index contributed by atoms with van der Waals surface area (Å²) in [5.41, 5.74) is 5.56. The monoisotopic (exact) mass is 336 g/mol. The summed E-state index contributed by atoms with van der Waals surface area (Å²) in [6.07, 6.45) is 4.58. The molecule has 0 aliphatic heterocycles. The van der Waals surface area contributed by atoms with Crippen LogP contribution in [-0.4, -0.2) is 9.55 Å². The molecule has 0 atom stereocenters. The average Bonchev–Trinajstić information content (AvgIpc) is 2.50. The summed E-state index contributed by atoms with van der Waals surface area (Å²) in [5, 5.41) is 0. The van der Waals surface area contributed by atoms with Gasteiger partial charge < -0.3 is 4.57 Å². The second kappa shape index (κ2) is 3.34. The van der Waals surface area contributed by atoms with E-state index in [9.17, 15) is 0 Å². The summed E-state index contributed by atoms with van der Waals surface area (Å²) in [5.74, 6) is 1.49. The molecule has 2 aromatic rings. The lowest BCUT2D eigenvalue weighted by atomic mass is 9.71. The third-order valence-electron chi connectivity index (χ3n) is 4.22. The maximum Gasteiger partial charge on any atom is 0.0953 e. The van der Waals surface area contributed by atoms with Crippen LogP contribution in [0.2, 0.25) is 0 Å². The Bertz CT molecular complexity index is 609. The van der Waals surface area contributed by atoms with Gasteiger partial charge in [0.1, 0.15) is 0 Å². The van der Waals surface area contributed by atoms with Crippen molar-refractivity contribution >= 4 is 22.6 Å². The molecule has 0 radical (unpaired) electrons. The lowest BCUT2D eigenvalue weighted by Gasteiger charge is -2.34. The highest BCUT2D eigenvalue weighted by molar-refractivity contribution is 14.1. The fourth-order valence-corrected chi connectivity index (χ4v) is 3.80. The van der Waals surface area contributed by atoms with Crippen LogP contribution >= 0.6 is 22.6 Å². The Balaban J connectivity index is 2.07. The highest BCUT2D eigenvalue weighted by Crippen LogP contribution is 2.54. The molecule has 3 aliphatic rings. The second-order valence-corrected chi connectivity index (χ2v) is 6.43. The molecule has 0 amide bonds. The van der Waals surface area contributed by atoms with Crippen molar-refractivity contribution in [2.75, 3.05) is 0 Å². The molecule has 1 aromatic heterocycles. The Labute approximate surface area is 114 Å².